The van der Waals surface area contributed by atoms with Gasteiger partial charge in [0.05, 0.1) is 0 Å². The molecule has 0 aliphatic carbocycles. The number of unbranched alkanes of at least 4 members (excludes halogenated alkanes) is 1. The highest BCUT2D eigenvalue weighted by Gasteiger charge is 1.96. The molecule has 6 nitrogen and oxygen atoms in total. The first-order chi connectivity index (χ1) is 8.36. The second-order valence-electron chi connectivity index (χ2n) is 3.68. The SMILES string of the molecule is CCCCOCCCNc1cc(NN)ncn1. The molecule has 0 aliphatic heterocycles. The number of nitrogens with one attached hydrogen (secondary N) is 2. The maximum absolute atomic E-state index is 5.45. The van der Waals surface area contributed by atoms with E-state index >= 15 is 0 Å². The van der Waals surface area contributed by atoms with Crippen molar-refractivity contribution in [2.45, 2.75) is 26.2 Å². The van der Waals surface area contributed by atoms with Gasteiger partial charge in [-0.2, -0.15) is 0 Å². The van der Waals surface area contributed by atoms with Crippen molar-refractivity contribution in [2.24, 2.45) is 5.84 Å². The summed E-state index contributed by atoms with van der Waals surface area (Å²) in [4.78, 5) is 8.00. The summed E-state index contributed by atoms with van der Waals surface area (Å²) in [5.41, 5.74) is 2.48. The monoisotopic (exact) mass is 239 g/mol. The molecule has 0 aromatic carbocycles. The van der Waals surface area contributed by atoms with Crippen molar-refractivity contribution in [1.29, 1.82) is 0 Å². The number of nitrogen functional groups attached to an aromatic ring is 1. The summed E-state index contributed by atoms with van der Waals surface area (Å²) in [5, 5.41) is 3.18. The lowest BCUT2D eigenvalue weighted by molar-refractivity contribution is 0.131. The Morgan fingerprint density at radius 1 is 1.24 bits per heavy atom. The summed E-state index contributed by atoms with van der Waals surface area (Å²) in [6.07, 6.45) is 4.73. The van der Waals surface area contributed by atoms with E-state index in [0.717, 1.165) is 38.4 Å². The fourth-order valence-electron chi connectivity index (χ4n) is 1.27. The molecule has 0 saturated carbocycles. The number of nitrogens with zero attached hydrogens (tertiary/aromatic N) is 2. The number of aromatic nitrogens is 2. The van der Waals surface area contributed by atoms with E-state index in [4.69, 9.17) is 10.6 Å². The minimum Gasteiger partial charge on any atom is -0.381 e. The van der Waals surface area contributed by atoms with Crippen molar-refractivity contribution in [2.75, 3.05) is 30.5 Å². The summed E-state index contributed by atoms with van der Waals surface area (Å²) in [6.45, 7) is 4.61. The number of hydrogen-bond acceptors (Lipinski definition) is 6. The first-order valence-corrected chi connectivity index (χ1v) is 5.97. The zero-order valence-electron chi connectivity index (χ0n) is 10.3. The molecule has 1 aromatic rings. The van der Waals surface area contributed by atoms with Crippen molar-refractivity contribution in [3.63, 3.8) is 0 Å². The van der Waals surface area contributed by atoms with Gasteiger partial charge >= 0.3 is 0 Å². The van der Waals surface area contributed by atoms with E-state index in [9.17, 15) is 0 Å². The van der Waals surface area contributed by atoms with Gasteiger partial charge in [0.1, 0.15) is 18.0 Å². The fourth-order valence-corrected chi connectivity index (χ4v) is 1.27. The van der Waals surface area contributed by atoms with E-state index in [0.29, 0.717) is 5.82 Å². The van der Waals surface area contributed by atoms with Gasteiger partial charge in [-0.3, -0.25) is 0 Å². The zero-order chi connectivity index (χ0) is 12.3. The normalized spacial score (nSPS) is 10.2. The first-order valence-electron chi connectivity index (χ1n) is 5.97. The van der Waals surface area contributed by atoms with Crippen LogP contribution in [0.25, 0.3) is 0 Å². The number of nitrogens with two attached hydrogens (primary N) is 1. The van der Waals surface area contributed by atoms with E-state index in [1.165, 1.54) is 12.7 Å². The van der Waals surface area contributed by atoms with Crippen molar-refractivity contribution in [3.05, 3.63) is 12.4 Å². The zero-order valence-corrected chi connectivity index (χ0v) is 10.3. The van der Waals surface area contributed by atoms with Gasteiger partial charge in [0, 0.05) is 25.8 Å². The number of ether oxygens (including phenoxy) is 1. The van der Waals surface area contributed by atoms with E-state index in [1.807, 2.05) is 0 Å². The highest BCUT2D eigenvalue weighted by molar-refractivity contribution is 5.45. The average molecular weight is 239 g/mol. The molecule has 0 saturated heterocycles. The molecule has 0 amide bonds. The Balaban J connectivity index is 2.09. The predicted octanol–water partition coefficient (Wildman–Crippen LogP) is 1.38. The van der Waals surface area contributed by atoms with Crippen LogP contribution in [0.1, 0.15) is 26.2 Å². The quantitative estimate of drug-likeness (QED) is 0.343. The molecular weight excluding hydrogens is 218 g/mol. The molecule has 4 N–H and O–H groups in total. The number of rotatable bonds is 9. The Hall–Kier alpha value is -1.40. The molecule has 0 unspecified atom stereocenters. The summed E-state index contributed by atoms with van der Waals surface area (Å²) < 4.78 is 5.45. The highest BCUT2D eigenvalue weighted by Crippen LogP contribution is 2.06. The van der Waals surface area contributed by atoms with Crippen LogP contribution in [0.5, 0.6) is 0 Å². The third-order valence-corrected chi connectivity index (χ3v) is 2.23. The highest BCUT2D eigenvalue weighted by atomic mass is 16.5. The number of hydrogen-bond donors (Lipinski definition) is 3. The van der Waals surface area contributed by atoms with Crippen molar-refractivity contribution >= 4 is 11.6 Å². The Bertz CT molecular complexity index is 308. The fraction of sp³-hybridized carbons (Fsp3) is 0.636. The van der Waals surface area contributed by atoms with E-state index in [-0.39, 0.29) is 0 Å². The molecule has 0 spiro atoms. The largest absolute Gasteiger partial charge is 0.381 e. The van der Waals surface area contributed by atoms with Crippen LogP contribution in [-0.2, 0) is 4.74 Å². The van der Waals surface area contributed by atoms with Crippen molar-refractivity contribution in [1.82, 2.24) is 9.97 Å². The molecule has 1 heterocycles. The standard InChI is InChI=1S/C11H21N5O/c1-2-3-6-17-7-4-5-13-10-8-11(16-12)15-9-14-10/h8-9H,2-7,12H2,1H3,(H2,13,14,15,16). The molecule has 1 aromatic heterocycles. The van der Waals surface area contributed by atoms with Gasteiger partial charge in [-0.15, -0.1) is 0 Å². The predicted molar refractivity (Wildman–Crippen MR) is 68.7 cm³/mol. The summed E-state index contributed by atoms with van der Waals surface area (Å²) in [5.74, 6) is 6.62. The molecular formula is C11H21N5O. The van der Waals surface area contributed by atoms with Crippen LogP contribution >= 0.6 is 0 Å². The lowest BCUT2D eigenvalue weighted by atomic mass is 10.3. The molecule has 6 heteroatoms. The van der Waals surface area contributed by atoms with Gasteiger partial charge in [-0.05, 0) is 12.8 Å². The number of hydrazine groups is 1. The topological polar surface area (TPSA) is 85.1 Å². The Morgan fingerprint density at radius 2 is 2.00 bits per heavy atom. The summed E-state index contributed by atoms with van der Waals surface area (Å²) >= 11 is 0. The van der Waals surface area contributed by atoms with Gasteiger partial charge < -0.3 is 15.5 Å². The van der Waals surface area contributed by atoms with Gasteiger partial charge in [-0.25, -0.2) is 15.8 Å². The third-order valence-electron chi connectivity index (χ3n) is 2.23. The maximum Gasteiger partial charge on any atom is 0.145 e. The minimum absolute atomic E-state index is 0.599. The first kappa shape index (κ1) is 13.7. The van der Waals surface area contributed by atoms with Gasteiger partial charge in [0.2, 0.25) is 0 Å². The smallest absolute Gasteiger partial charge is 0.145 e. The second kappa shape index (κ2) is 8.72. The lowest BCUT2D eigenvalue weighted by Gasteiger charge is -2.07. The van der Waals surface area contributed by atoms with Crippen LogP contribution in [0.2, 0.25) is 0 Å². The molecule has 96 valence electrons. The van der Waals surface area contributed by atoms with Gasteiger partial charge in [0.25, 0.3) is 0 Å². The minimum atomic E-state index is 0.599. The lowest BCUT2D eigenvalue weighted by Crippen LogP contribution is -2.11. The molecule has 0 aliphatic rings. The van der Waals surface area contributed by atoms with Crippen LogP contribution in [-0.4, -0.2) is 29.7 Å². The van der Waals surface area contributed by atoms with Gasteiger partial charge in [-0.1, -0.05) is 13.3 Å². The van der Waals surface area contributed by atoms with E-state index < -0.39 is 0 Å². The van der Waals surface area contributed by atoms with Crippen LogP contribution in [0, 0.1) is 0 Å². The van der Waals surface area contributed by atoms with Crippen molar-refractivity contribution in [3.8, 4) is 0 Å². The number of anilines is 2. The van der Waals surface area contributed by atoms with Crippen LogP contribution in [0.15, 0.2) is 12.4 Å². The molecule has 0 radical (unpaired) electrons. The van der Waals surface area contributed by atoms with E-state index in [1.54, 1.807) is 6.07 Å². The summed E-state index contributed by atoms with van der Waals surface area (Å²) in [6, 6.07) is 1.76. The van der Waals surface area contributed by atoms with Crippen LogP contribution < -0.4 is 16.6 Å². The molecule has 0 fully saturated rings. The van der Waals surface area contributed by atoms with Crippen molar-refractivity contribution < 1.29 is 4.74 Å². The van der Waals surface area contributed by atoms with Crippen LogP contribution in [0.3, 0.4) is 0 Å². The van der Waals surface area contributed by atoms with E-state index in [2.05, 4.69) is 27.6 Å². The Kier molecular flexibility index (Phi) is 7.01. The average Bonchev–Trinajstić information content (AvgIpc) is 2.38. The third kappa shape index (κ3) is 6.03. The molecule has 17 heavy (non-hydrogen) atoms. The second-order valence-corrected chi connectivity index (χ2v) is 3.68. The van der Waals surface area contributed by atoms with Gasteiger partial charge in [0.15, 0.2) is 0 Å². The Morgan fingerprint density at radius 3 is 2.76 bits per heavy atom. The molecule has 0 atom stereocenters. The molecule has 0 bridgehead atoms. The molecule has 1 rings (SSSR count). The Labute approximate surface area is 102 Å². The summed E-state index contributed by atoms with van der Waals surface area (Å²) in [7, 11) is 0. The van der Waals surface area contributed by atoms with Crippen LogP contribution in [0.4, 0.5) is 11.6 Å². The maximum atomic E-state index is 5.45.